The van der Waals surface area contributed by atoms with Crippen LogP contribution in [-0.2, 0) is 4.74 Å². The van der Waals surface area contributed by atoms with E-state index in [-0.39, 0.29) is 5.60 Å². The number of nitrogens with two attached hydrogens (primary N) is 1. The second-order valence-corrected chi connectivity index (χ2v) is 5.51. The summed E-state index contributed by atoms with van der Waals surface area (Å²) >= 11 is 0. The normalized spacial score (nSPS) is 22.2. The first-order chi connectivity index (χ1) is 9.08. The summed E-state index contributed by atoms with van der Waals surface area (Å²) in [4.78, 5) is 4.39. The third-order valence-electron chi connectivity index (χ3n) is 4.22. The summed E-state index contributed by atoms with van der Waals surface area (Å²) in [5, 5.41) is 3.55. The molecule has 0 bridgehead atoms. The van der Waals surface area contributed by atoms with Crippen LogP contribution in [0.3, 0.4) is 0 Å². The van der Waals surface area contributed by atoms with Crippen molar-refractivity contribution in [2.45, 2.75) is 58.1 Å². The summed E-state index contributed by atoms with van der Waals surface area (Å²) in [6.07, 6.45) is 5.92. The maximum atomic E-state index is 6.00. The second-order valence-electron chi connectivity index (χ2n) is 5.51. The number of nitrogens with zero attached hydrogens (tertiary/aromatic N) is 1. The van der Waals surface area contributed by atoms with Crippen LogP contribution in [-0.4, -0.2) is 23.2 Å². The van der Waals surface area contributed by atoms with Crippen molar-refractivity contribution in [2.75, 3.05) is 17.7 Å². The summed E-state index contributed by atoms with van der Waals surface area (Å²) in [5.74, 6) is 0.946. The van der Waals surface area contributed by atoms with E-state index in [1.54, 1.807) is 6.20 Å². The molecule has 1 aromatic heterocycles. The Morgan fingerprint density at radius 2 is 2.21 bits per heavy atom. The molecular weight excluding hydrogens is 238 g/mol. The number of aromatic nitrogens is 1. The van der Waals surface area contributed by atoms with Gasteiger partial charge in [0.15, 0.2) is 0 Å². The zero-order chi connectivity index (χ0) is 13.9. The van der Waals surface area contributed by atoms with Gasteiger partial charge in [-0.2, -0.15) is 0 Å². The molecular formula is C15H25N3O. The minimum Gasteiger partial charge on any atom is -0.397 e. The molecule has 1 unspecified atom stereocenters. The van der Waals surface area contributed by atoms with Crippen molar-refractivity contribution in [3.05, 3.63) is 17.8 Å². The number of nitrogens with one attached hydrogen (secondary N) is 1. The molecule has 4 nitrogen and oxygen atoms in total. The van der Waals surface area contributed by atoms with Gasteiger partial charge in [0.1, 0.15) is 5.82 Å². The predicted molar refractivity (Wildman–Crippen MR) is 79.3 cm³/mol. The molecule has 0 aromatic carbocycles. The lowest BCUT2D eigenvalue weighted by molar-refractivity contribution is -0.0864. The first kappa shape index (κ1) is 14.1. The fourth-order valence-electron chi connectivity index (χ4n) is 2.83. The van der Waals surface area contributed by atoms with Gasteiger partial charge in [-0.3, -0.25) is 0 Å². The average Bonchev–Trinajstić information content (AvgIpc) is 2.42. The molecule has 3 N–H and O–H groups in total. The molecule has 0 saturated carbocycles. The molecule has 2 rings (SSSR count). The van der Waals surface area contributed by atoms with Crippen molar-refractivity contribution < 1.29 is 4.74 Å². The van der Waals surface area contributed by atoms with E-state index in [1.165, 1.54) is 0 Å². The Morgan fingerprint density at radius 3 is 2.84 bits per heavy atom. The number of aryl methyl sites for hydroxylation is 1. The van der Waals surface area contributed by atoms with Crippen LogP contribution in [0.25, 0.3) is 0 Å². The molecule has 0 amide bonds. The first-order valence-corrected chi connectivity index (χ1v) is 7.21. The molecule has 0 spiro atoms. The van der Waals surface area contributed by atoms with Gasteiger partial charge in [-0.25, -0.2) is 4.98 Å². The SMILES string of the molecule is CCC1(CC)CC(Nc2ncc(N)cc2C)CCO1. The largest absolute Gasteiger partial charge is 0.397 e. The second kappa shape index (κ2) is 5.78. The van der Waals surface area contributed by atoms with E-state index < -0.39 is 0 Å². The van der Waals surface area contributed by atoms with Crippen LogP contribution < -0.4 is 11.1 Å². The van der Waals surface area contributed by atoms with Crippen molar-refractivity contribution in [1.82, 2.24) is 4.98 Å². The van der Waals surface area contributed by atoms with Gasteiger partial charge in [0.05, 0.1) is 17.5 Å². The molecule has 1 aromatic rings. The Labute approximate surface area is 115 Å². The topological polar surface area (TPSA) is 60.2 Å². The van der Waals surface area contributed by atoms with Crippen molar-refractivity contribution in [3.63, 3.8) is 0 Å². The Balaban J connectivity index is 2.06. The highest BCUT2D eigenvalue weighted by Gasteiger charge is 2.34. The smallest absolute Gasteiger partial charge is 0.129 e. The lowest BCUT2D eigenvalue weighted by atomic mass is 9.86. The van der Waals surface area contributed by atoms with Gasteiger partial charge in [0.25, 0.3) is 0 Å². The standard InChI is InChI=1S/C15H25N3O/c1-4-15(5-2)9-13(6-7-19-15)18-14-11(3)8-12(16)10-17-14/h8,10,13H,4-7,9,16H2,1-3H3,(H,17,18). The average molecular weight is 263 g/mol. The van der Waals surface area contributed by atoms with Crippen molar-refractivity contribution in [2.24, 2.45) is 0 Å². The van der Waals surface area contributed by atoms with E-state index >= 15 is 0 Å². The summed E-state index contributed by atoms with van der Waals surface area (Å²) in [7, 11) is 0. The molecule has 2 heterocycles. The van der Waals surface area contributed by atoms with E-state index in [4.69, 9.17) is 10.5 Å². The third kappa shape index (κ3) is 3.18. The molecule has 1 saturated heterocycles. The Hall–Kier alpha value is -1.29. The number of hydrogen-bond acceptors (Lipinski definition) is 4. The summed E-state index contributed by atoms with van der Waals surface area (Å²) in [5.41, 5.74) is 7.59. The van der Waals surface area contributed by atoms with Crippen LogP contribution in [0.4, 0.5) is 11.5 Å². The number of rotatable bonds is 4. The van der Waals surface area contributed by atoms with Gasteiger partial charge >= 0.3 is 0 Å². The molecule has 4 heteroatoms. The molecule has 0 radical (unpaired) electrons. The molecule has 1 fully saturated rings. The number of anilines is 2. The minimum absolute atomic E-state index is 0.0393. The van der Waals surface area contributed by atoms with E-state index in [2.05, 4.69) is 24.1 Å². The van der Waals surface area contributed by atoms with Crippen LogP contribution in [0, 0.1) is 6.92 Å². The van der Waals surface area contributed by atoms with Crippen molar-refractivity contribution in [1.29, 1.82) is 0 Å². The lowest BCUT2D eigenvalue weighted by Gasteiger charge is -2.40. The fraction of sp³-hybridized carbons (Fsp3) is 0.667. The van der Waals surface area contributed by atoms with Gasteiger partial charge in [-0.05, 0) is 44.2 Å². The Bertz CT molecular complexity index is 429. The van der Waals surface area contributed by atoms with Crippen LogP contribution in [0.1, 0.15) is 45.1 Å². The van der Waals surface area contributed by atoms with Gasteiger partial charge in [0.2, 0.25) is 0 Å². The van der Waals surface area contributed by atoms with E-state index in [9.17, 15) is 0 Å². The number of ether oxygens (including phenoxy) is 1. The predicted octanol–water partition coefficient (Wildman–Crippen LogP) is 3.12. The van der Waals surface area contributed by atoms with Crippen LogP contribution in [0.15, 0.2) is 12.3 Å². The van der Waals surface area contributed by atoms with Crippen LogP contribution in [0.5, 0.6) is 0 Å². The van der Waals surface area contributed by atoms with Gasteiger partial charge in [-0.15, -0.1) is 0 Å². The van der Waals surface area contributed by atoms with Crippen LogP contribution >= 0.6 is 0 Å². The summed E-state index contributed by atoms with van der Waals surface area (Å²) < 4.78 is 6.00. The molecule has 1 atom stereocenters. The minimum atomic E-state index is 0.0393. The highest BCUT2D eigenvalue weighted by molar-refractivity contribution is 5.51. The molecule has 0 aliphatic carbocycles. The van der Waals surface area contributed by atoms with Crippen LogP contribution in [0.2, 0.25) is 0 Å². The third-order valence-corrected chi connectivity index (χ3v) is 4.22. The van der Waals surface area contributed by atoms with E-state index in [1.807, 2.05) is 13.0 Å². The molecule has 1 aliphatic rings. The lowest BCUT2D eigenvalue weighted by Crippen LogP contribution is -2.43. The maximum Gasteiger partial charge on any atom is 0.129 e. The Kier molecular flexibility index (Phi) is 4.30. The monoisotopic (exact) mass is 263 g/mol. The van der Waals surface area contributed by atoms with E-state index in [0.29, 0.717) is 11.7 Å². The zero-order valence-electron chi connectivity index (χ0n) is 12.2. The fourth-order valence-corrected chi connectivity index (χ4v) is 2.83. The highest BCUT2D eigenvalue weighted by Crippen LogP contribution is 2.32. The zero-order valence-corrected chi connectivity index (χ0v) is 12.2. The summed E-state index contributed by atoms with van der Waals surface area (Å²) in [6.45, 7) is 7.28. The van der Waals surface area contributed by atoms with Crippen molar-refractivity contribution in [3.8, 4) is 0 Å². The Morgan fingerprint density at radius 1 is 1.47 bits per heavy atom. The van der Waals surface area contributed by atoms with Gasteiger partial charge < -0.3 is 15.8 Å². The van der Waals surface area contributed by atoms with E-state index in [0.717, 1.165) is 43.7 Å². The van der Waals surface area contributed by atoms with Crippen molar-refractivity contribution >= 4 is 11.5 Å². The highest BCUT2D eigenvalue weighted by atomic mass is 16.5. The number of pyridine rings is 1. The number of nitrogen functional groups attached to an aromatic ring is 1. The molecule has 19 heavy (non-hydrogen) atoms. The summed E-state index contributed by atoms with van der Waals surface area (Å²) in [6, 6.07) is 2.39. The quantitative estimate of drug-likeness (QED) is 0.876. The molecule has 1 aliphatic heterocycles. The van der Waals surface area contributed by atoms with Gasteiger partial charge in [0, 0.05) is 12.6 Å². The number of hydrogen-bond donors (Lipinski definition) is 2. The van der Waals surface area contributed by atoms with Gasteiger partial charge in [-0.1, -0.05) is 13.8 Å². The maximum absolute atomic E-state index is 6.00. The molecule has 106 valence electrons. The first-order valence-electron chi connectivity index (χ1n) is 7.21.